The van der Waals surface area contributed by atoms with Crippen molar-refractivity contribution in [3.05, 3.63) is 33.8 Å². The molecule has 0 saturated heterocycles. The number of methoxy groups -OCH3 is 3. The number of aliphatic hydroxyl groups is 1. The Morgan fingerprint density at radius 3 is 2.17 bits per heavy atom. The van der Waals surface area contributed by atoms with E-state index in [0.29, 0.717) is 10.0 Å². The standard InChI is InChI=1S/C15H14BrNO7/c1-22-13(19)11(14(20)23-2)10-8-6-7(16)4-5-9(8)17(12(10)18)15(21)24-3/h4-6,12,18H,1-3H3. The molecular weight excluding hydrogens is 386 g/mol. The molecule has 0 aliphatic carbocycles. The molecule has 9 heteroatoms. The molecule has 2 rings (SSSR count). The van der Waals surface area contributed by atoms with Gasteiger partial charge in [0.25, 0.3) is 0 Å². The fourth-order valence-electron chi connectivity index (χ4n) is 2.40. The summed E-state index contributed by atoms with van der Waals surface area (Å²) in [7, 11) is 3.33. The maximum absolute atomic E-state index is 12.0. The third kappa shape index (κ3) is 2.87. The first-order valence-corrected chi connectivity index (χ1v) is 7.42. The third-order valence-electron chi connectivity index (χ3n) is 3.43. The van der Waals surface area contributed by atoms with E-state index in [1.165, 1.54) is 0 Å². The number of carbonyl (C=O) groups is 3. The second kappa shape index (κ2) is 7.02. The SMILES string of the molecule is COC(=O)C(C(=O)OC)=C1c2cc(Br)ccc2N(C(=O)OC)C1O. The zero-order valence-electron chi connectivity index (χ0n) is 13.0. The number of aliphatic hydroxyl groups excluding tert-OH is 1. The highest BCUT2D eigenvalue weighted by Gasteiger charge is 2.42. The normalized spacial score (nSPS) is 15.6. The summed E-state index contributed by atoms with van der Waals surface area (Å²) in [5.74, 6) is -1.98. The Labute approximate surface area is 145 Å². The van der Waals surface area contributed by atoms with Crippen molar-refractivity contribution >= 4 is 45.2 Å². The van der Waals surface area contributed by atoms with Crippen LogP contribution in [0.25, 0.3) is 5.57 Å². The number of halogens is 1. The highest BCUT2D eigenvalue weighted by atomic mass is 79.9. The van der Waals surface area contributed by atoms with E-state index in [0.717, 1.165) is 26.2 Å². The number of carbonyl (C=O) groups excluding carboxylic acids is 3. The van der Waals surface area contributed by atoms with Crippen molar-refractivity contribution in [2.75, 3.05) is 26.2 Å². The number of ether oxygens (including phenoxy) is 3. The van der Waals surface area contributed by atoms with Crippen LogP contribution >= 0.6 is 15.9 Å². The molecule has 0 radical (unpaired) electrons. The van der Waals surface area contributed by atoms with Gasteiger partial charge in [-0.05, 0) is 18.2 Å². The van der Waals surface area contributed by atoms with E-state index in [2.05, 4.69) is 30.1 Å². The Morgan fingerprint density at radius 1 is 1.08 bits per heavy atom. The summed E-state index contributed by atoms with van der Waals surface area (Å²) in [5, 5.41) is 10.6. The van der Waals surface area contributed by atoms with Crippen molar-refractivity contribution in [3.63, 3.8) is 0 Å². The molecule has 0 bridgehead atoms. The minimum atomic E-state index is -1.62. The summed E-state index contributed by atoms with van der Waals surface area (Å²) < 4.78 is 14.5. The monoisotopic (exact) mass is 399 g/mol. The topological polar surface area (TPSA) is 102 Å². The zero-order valence-corrected chi connectivity index (χ0v) is 14.6. The first-order valence-electron chi connectivity index (χ1n) is 6.63. The van der Waals surface area contributed by atoms with E-state index in [9.17, 15) is 19.5 Å². The quantitative estimate of drug-likeness (QED) is 0.264. The maximum Gasteiger partial charge on any atom is 0.416 e. The fraction of sp³-hybridized carbons (Fsp3) is 0.267. The summed E-state index contributed by atoms with van der Waals surface area (Å²) >= 11 is 3.27. The molecule has 1 aliphatic rings. The van der Waals surface area contributed by atoms with Gasteiger partial charge in [-0.2, -0.15) is 0 Å². The predicted octanol–water partition coefficient (Wildman–Crippen LogP) is 1.45. The molecule has 0 spiro atoms. The number of rotatable bonds is 2. The highest BCUT2D eigenvalue weighted by Crippen LogP contribution is 2.43. The summed E-state index contributed by atoms with van der Waals surface area (Å²) in [5.41, 5.74) is -0.0282. The molecule has 1 aliphatic heterocycles. The van der Waals surface area contributed by atoms with Crippen LogP contribution < -0.4 is 4.90 Å². The molecule has 1 N–H and O–H groups in total. The van der Waals surface area contributed by atoms with Crippen LogP contribution in [-0.4, -0.2) is 50.7 Å². The second-order valence-electron chi connectivity index (χ2n) is 4.65. The van der Waals surface area contributed by atoms with Crippen molar-refractivity contribution in [1.29, 1.82) is 0 Å². The third-order valence-corrected chi connectivity index (χ3v) is 3.92. The minimum absolute atomic E-state index is 0.101. The van der Waals surface area contributed by atoms with Crippen molar-refractivity contribution in [3.8, 4) is 0 Å². The zero-order chi connectivity index (χ0) is 18.0. The van der Waals surface area contributed by atoms with Crippen LogP contribution in [0.2, 0.25) is 0 Å². The predicted molar refractivity (Wildman–Crippen MR) is 86.0 cm³/mol. The fourth-order valence-corrected chi connectivity index (χ4v) is 2.76. The summed E-state index contributed by atoms with van der Waals surface area (Å²) in [6.07, 6.45) is -2.47. The molecule has 0 saturated carbocycles. The molecule has 1 aromatic carbocycles. The van der Waals surface area contributed by atoms with Gasteiger partial charge in [0.2, 0.25) is 0 Å². The average Bonchev–Trinajstić information content (AvgIpc) is 2.85. The number of amides is 1. The van der Waals surface area contributed by atoms with Gasteiger partial charge in [0.05, 0.1) is 27.0 Å². The molecule has 1 atom stereocenters. The van der Waals surface area contributed by atoms with Gasteiger partial charge >= 0.3 is 18.0 Å². The number of esters is 2. The number of hydrogen-bond acceptors (Lipinski definition) is 7. The summed E-state index contributed by atoms with van der Waals surface area (Å²) in [6.45, 7) is 0. The second-order valence-corrected chi connectivity index (χ2v) is 5.56. The summed E-state index contributed by atoms with van der Waals surface area (Å²) in [6, 6.07) is 4.74. The van der Waals surface area contributed by atoms with Crippen molar-refractivity contribution in [2.24, 2.45) is 0 Å². The molecule has 24 heavy (non-hydrogen) atoms. The number of hydrogen-bond donors (Lipinski definition) is 1. The average molecular weight is 400 g/mol. The van der Waals surface area contributed by atoms with Crippen LogP contribution in [0.4, 0.5) is 10.5 Å². The molecule has 1 heterocycles. The van der Waals surface area contributed by atoms with Crippen LogP contribution in [0.15, 0.2) is 28.2 Å². The molecular formula is C15H14BrNO7. The van der Waals surface area contributed by atoms with Gasteiger partial charge in [-0.3, -0.25) is 0 Å². The molecule has 0 fully saturated rings. The van der Waals surface area contributed by atoms with Crippen molar-refractivity contribution < 1.29 is 33.7 Å². The van der Waals surface area contributed by atoms with Gasteiger partial charge in [-0.25, -0.2) is 19.3 Å². The van der Waals surface area contributed by atoms with Gasteiger partial charge in [-0.15, -0.1) is 0 Å². The Kier molecular flexibility index (Phi) is 5.25. The number of nitrogens with zero attached hydrogens (tertiary/aromatic N) is 1. The van der Waals surface area contributed by atoms with Crippen LogP contribution in [0, 0.1) is 0 Å². The van der Waals surface area contributed by atoms with Gasteiger partial charge in [-0.1, -0.05) is 15.9 Å². The van der Waals surface area contributed by atoms with Gasteiger partial charge in [0.15, 0.2) is 11.8 Å². The van der Waals surface area contributed by atoms with Gasteiger partial charge in [0.1, 0.15) is 0 Å². The lowest BCUT2D eigenvalue weighted by atomic mass is 10.0. The summed E-state index contributed by atoms with van der Waals surface area (Å²) in [4.78, 5) is 37.0. The Morgan fingerprint density at radius 2 is 1.67 bits per heavy atom. The van der Waals surface area contributed by atoms with E-state index < -0.39 is 29.8 Å². The van der Waals surface area contributed by atoms with Crippen molar-refractivity contribution in [2.45, 2.75) is 6.23 Å². The minimum Gasteiger partial charge on any atom is -0.465 e. The lowest BCUT2D eigenvalue weighted by Gasteiger charge is -2.20. The highest BCUT2D eigenvalue weighted by molar-refractivity contribution is 9.10. The van der Waals surface area contributed by atoms with Crippen LogP contribution in [0.3, 0.4) is 0 Å². The number of anilines is 1. The van der Waals surface area contributed by atoms with E-state index in [1.54, 1.807) is 18.2 Å². The lowest BCUT2D eigenvalue weighted by molar-refractivity contribution is -0.144. The van der Waals surface area contributed by atoms with E-state index in [-0.39, 0.29) is 11.3 Å². The van der Waals surface area contributed by atoms with Gasteiger partial charge in [0, 0.05) is 15.6 Å². The Balaban J connectivity index is 2.80. The molecule has 128 valence electrons. The first kappa shape index (κ1) is 18.0. The van der Waals surface area contributed by atoms with Crippen molar-refractivity contribution in [1.82, 2.24) is 0 Å². The van der Waals surface area contributed by atoms with Crippen LogP contribution in [0.1, 0.15) is 5.56 Å². The first-order chi connectivity index (χ1) is 11.4. The van der Waals surface area contributed by atoms with Crippen LogP contribution in [-0.2, 0) is 23.8 Å². The molecule has 8 nitrogen and oxygen atoms in total. The lowest BCUT2D eigenvalue weighted by Crippen LogP contribution is -2.38. The van der Waals surface area contributed by atoms with Crippen LogP contribution in [0.5, 0.6) is 0 Å². The van der Waals surface area contributed by atoms with E-state index >= 15 is 0 Å². The molecule has 1 unspecified atom stereocenters. The van der Waals surface area contributed by atoms with E-state index in [4.69, 9.17) is 0 Å². The molecule has 0 aromatic heterocycles. The largest absolute Gasteiger partial charge is 0.465 e. The smallest absolute Gasteiger partial charge is 0.416 e. The molecule has 1 amide bonds. The Hall–Kier alpha value is -2.39. The van der Waals surface area contributed by atoms with E-state index in [1.807, 2.05) is 0 Å². The molecule has 1 aromatic rings. The maximum atomic E-state index is 12.0. The number of benzene rings is 1. The van der Waals surface area contributed by atoms with Gasteiger partial charge < -0.3 is 19.3 Å². The number of fused-ring (bicyclic) bond motifs is 1. The Bertz CT molecular complexity index is 725.